The molecule has 0 unspecified atom stereocenters. The van der Waals surface area contributed by atoms with Gasteiger partial charge in [-0.2, -0.15) is 13.9 Å². The first kappa shape index (κ1) is 14.9. The van der Waals surface area contributed by atoms with Crippen molar-refractivity contribution in [2.75, 3.05) is 6.54 Å². The van der Waals surface area contributed by atoms with Crippen molar-refractivity contribution in [2.45, 2.75) is 19.5 Å². The average molecular weight is 296 g/mol. The number of amides is 1. The summed E-state index contributed by atoms with van der Waals surface area (Å²) in [6.07, 6.45) is 2.69. The minimum Gasteiger partial charge on any atom is -0.434 e. The highest BCUT2D eigenvalue weighted by molar-refractivity contribution is 5.96. The summed E-state index contributed by atoms with van der Waals surface area (Å²) in [6.45, 7) is -2.58. The van der Waals surface area contributed by atoms with Gasteiger partial charge in [0.1, 0.15) is 17.9 Å². The van der Waals surface area contributed by atoms with Crippen LogP contribution in [-0.2, 0) is 6.42 Å². The van der Waals surface area contributed by atoms with Crippen LogP contribution in [0.4, 0.5) is 8.78 Å². The highest BCUT2D eigenvalue weighted by atomic mass is 19.3. The number of aromatic amines is 1. The lowest BCUT2D eigenvalue weighted by molar-refractivity contribution is -0.0501. The van der Waals surface area contributed by atoms with Crippen LogP contribution in [0.2, 0.25) is 0 Å². The zero-order chi connectivity index (χ0) is 15.1. The van der Waals surface area contributed by atoms with Crippen molar-refractivity contribution in [1.29, 1.82) is 0 Å². The lowest BCUT2D eigenvalue weighted by atomic mass is 10.2. The maximum absolute atomic E-state index is 12.3. The van der Waals surface area contributed by atoms with E-state index in [0.29, 0.717) is 19.4 Å². The predicted octanol–water partition coefficient (Wildman–Crippen LogP) is 1.77. The maximum atomic E-state index is 12.3. The molecule has 21 heavy (non-hydrogen) atoms. The molecule has 0 aliphatic rings. The zero-order valence-corrected chi connectivity index (χ0v) is 11.1. The van der Waals surface area contributed by atoms with Gasteiger partial charge in [-0.1, -0.05) is 12.1 Å². The molecule has 0 saturated heterocycles. The zero-order valence-electron chi connectivity index (χ0n) is 11.1. The third kappa shape index (κ3) is 4.51. The smallest absolute Gasteiger partial charge is 0.387 e. The van der Waals surface area contributed by atoms with Crippen LogP contribution in [0.25, 0.3) is 0 Å². The highest BCUT2D eigenvalue weighted by Gasteiger charge is 2.14. The first-order chi connectivity index (χ1) is 10.2. The van der Waals surface area contributed by atoms with Gasteiger partial charge in [0, 0.05) is 13.0 Å². The summed E-state index contributed by atoms with van der Waals surface area (Å²) in [5.74, 6) is 0.134. The number of aryl methyl sites for hydroxylation is 1. The molecule has 2 N–H and O–H groups in total. The van der Waals surface area contributed by atoms with Crippen molar-refractivity contribution >= 4 is 5.91 Å². The van der Waals surface area contributed by atoms with Crippen molar-refractivity contribution in [1.82, 2.24) is 20.5 Å². The Labute approximate surface area is 119 Å². The van der Waals surface area contributed by atoms with E-state index in [4.69, 9.17) is 0 Å². The number of hydrogen-bond donors (Lipinski definition) is 2. The summed E-state index contributed by atoms with van der Waals surface area (Å²) in [7, 11) is 0. The van der Waals surface area contributed by atoms with Gasteiger partial charge in [-0.15, -0.1) is 0 Å². The number of carbonyl (C=O) groups is 1. The third-order valence-electron chi connectivity index (χ3n) is 2.69. The first-order valence-corrected chi connectivity index (χ1v) is 6.33. The number of benzene rings is 1. The molecule has 0 atom stereocenters. The predicted molar refractivity (Wildman–Crippen MR) is 70.1 cm³/mol. The van der Waals surface area contributed by atoms with Crippen molar-refractivity contribution < 1.29 is 18.3 Å². The van der Waals surface area contributed by atoms with E-state index in [0.717, 1.165) is 5.82 Å². The number of H-pyrrole nitrogens is 1. The Morgan fingerprint density at radius 2 is 2.19 bits per heavy atom. The Hall–Kier alpha value is -2.51. The molecule has 0 fully saturated rings. The van der Waals surface area contributed by atoms with Crippen LogP contribution >= 0.6 is 0 Å². The van der Waals surface area contributed by atoms with Gasteiger partial charge in [0.15, 0.2) is 0 Å². The summed E-state index contributed by atoms with van der Waals surface area (Å²) in [5.41, 5.74) is 0.0810. The lowest BCUT2D eigenvalue weighted by Crippen LogP contribution is -2.25. The molecule has 0 aliphatic carbocycles. The molecule has 1 heterocycles. The van der Waals surface area contributed by atoms with Gasteiger partial charge in [-0.05, 0) is 18.6 Å². The van der Waals surface area contributed by atoms with Gasteiger partial charge in [0.25, 0.3) is 5.91 Å². The van der Waals surface area contributed by atoms with Crippen molar-refractivity contribution in [3.63, 3.8) is 0 Å². The molecule has 1 aromatic heterocycles. The van der Waals surface area contributed by atoms with Gasteiger partial charge < -0.3 is 10.1 Å². The van der Waals surface area contributed by atoms with E-state index in [1.807, 2.05) is 0 Å². The van der Waals surface area contributed by atoms with E-state index in [9.17, 15) is 13.6 Å². The molecular formula is C13H14F2N4O2. The van der Waals surface area contributed by atoms with Crippen LogP contribution in [0, 0.1) is 0 Å². The Morgan fingerprint density at radius 3 is 2.90 bits per heavy atom. The minimum absolute atomic E-state index is 0.0810. The second kappa shape index (κ2) is 7.32. The Balaban J connectivity index is 1.85. The number of para-hydroxylation sites is 1. The van der Waals surface area contributed by atoms with Crippen LogP contribution in [0.3, 0.4) is 0 Å². The summed E-state index contributed by atoms with van der Waals surface area (Å²) >= 11 is 0. The SMILES string of the molecule is O=C(NCCCc1ncn[nH]1)c1ccccc1OC(F)F. The molecule has 2 rings (SSSR count). The summed E-state index contributed by atoms with van der Waals surface area (Å²) in [6, 6.07) is 5.87. The van der Waals surface area contributed by atoms with E-state index in [1.165, 1.54) is 24.5 Å². The molecule has 0 spiro atoms. The lowest BCUT2D eigenvalue weighted by Gasteiger charge is -2.10. The van der Waals surface area contributed by atoms with E-state index < -0.39 is 12.5 Å². The fraction of sp³-hybridized carbons (Fsp3) is 0.308. The normalized spacial score (nSPS) is 10.6. The van der Waals surface area contributed by atoms with Crippen LogP contribution in [-0.4, -0.2) is 34.2 Å². The number of nitrogens with zero attached hydrogens (tertiary/aromatic N) is 2. The molecule has 0 aliphatic heterocycles. The van der Waals surface area contributed by atoms with Gasteiger partial charge in [-0.25, -0.2) is 4.98 Å². The molecule has 2 aromatic rings. The van der Waals surface area contributed by atoms with Crippen molar-refractivity contribution in [3.05, 3.63) is 42.0 Å². The van der Waals surface area contributed by atoms with Crippen LogP contribution in [0.15, 0.2) is 30.6 Å². The minimum atomic E-state index is -2.97. The number of aromatic nitrogens is 3. The van der Waals surface area contributed by atoms with Crippen molar-refractivity contribution in [2.24, 2.45) is 0 Å². The fourth-order valence-corrected chi connectivity index (χ4v) is 1.76. The molecule has 8 heteroatoms. The summed E-state index contributed by atoms with van der Waals surface area (Å²) < 4.78 is 28.8. The van der Waals surface area contributed by atoms with Gasteiger partial charge in [0.05, 0.1) is 5.56 Å². The average Bonchev–Trinajstić information content (AvgIpc) is 2.96. The molecule has 1 amide bonds. The molecule has 0 bridgehead atoms. The fourth-order valence-electron chi connectivity index (χ4n) is 1.76. The van der Waals surface area contributed by atoms with Gasteiger partial charge in [0.2, 0.25) is 0 Å². The number of alkyl halides is 2. The number of hydrogen-bond acceptors (Lipinski definition) is 4. The Kier molecular flexibility index (Phi) is 5.19. The molecular weight excluding hydrogens is 282 g/mol. The second-order valence-corrected chi connectivity index (χ2v) is 4.17. The molecule has 0 radical (unpaired) electrons. The quantitative estimate of drug-likeness (QED) is 0.763. The molecule has 6 nitrogen and oxygen atoms in total. The van der Waals surface area contributed by atoms with E-state index in [2.05, 4.69) is 25.2 Å². The molecule has 1 aromatic carbocycles. The Bertz CT molecular complexity index is 575. The van der Waals surface area contributed by atoms with E-state index in [1.54, 1.807) is 6.07 Å². The number of ether oxygens (including phenoxy) is 1. The van der Waals surface area contributed by atoms with Crippen LogP contribution < -0.4 is 10.1 Å². The second-order valence-electron chi connectivity index (χ2n) is 4.17. The van der Waals surface area contributed by atoms with E-state index >= 15 is 0 Å². The number of nitrogens with one attached hydrogen (secondary N) is 2. The highest BCUT2D eigenvalue weighted by Crippen LogP contribution is 2.19. The number of carbonyl (C=O) groups excluding carboxylic acids is 1. The third-order valence-corrected chi connectivity index (χ3v) is 2.69. The standard InChI is InChI=1S/C13H14F2N4O2/c14-13(15)21-10-5-2-1-4-9(10)12(20)16-7-3-6-11-17-8-18-19-11/h1-2,4-5,8,13H,3,6-7H2,(H,16,20)(H,17,18,19). The van der Waals surface area contributed by atoms with Crippen LogP contribution in [0.1, 0.15) is 22.6 Å². The summed E-state index contributed by atoms with van der Waals surface area (Å²) in [5, 5.41) is 9.07. The largest absolute Gasteiger partial charge is 0.434 e. The van der Waals surface area contributed by atoms with Crippen molar-refractivity contribution in [3.8, 4) is 5.75 Å². The van der Waals surface area contributed by atoms with E-state index in [-0.39, 0.29) is 11.3 Å². The Morgan fingerprint density at radius 1 is 1.38 bits per heavy atom. The molecule has 112 valence electrons. The monoisotopic (exact) mass is 296 g/mol. The first-order valence-electron chi connectivity index (χ1n) is 6.33. The van der Waals surface area contributed by atoms with Gasteiger partial charge >= 0.3 is 6.61 Å². The number of halogens is 2. The van der Waals surface area contributed by atoms with Crippen LogP contribution in [0.5, 0.6) is 5.75 Å². The maximum Gasteiger partial charge on any atom is 0.387 e. The van der Waals surface area contributed by atoms with Gasteiger partial charge in [-0.3, -0.25) is 9.89 Å². The molecule has 0 saturated carbocycles. The topological polar surface area (TPSA) is 79.9 Å². The summed E-state index contributed by atoms with van der Waals surface area (Å²) in [4.78, 5) is 15.9. The number of rotatable bonds is 7.